The summed E-state index contributed by atoms with van der Waals surface area (Å²) in [7, 11) is 0. The van der Waals surface area contributed by atoms with Crippen molar-refractivity contribution in [2.75, 3.05) is 19.8 Å². The Kier molecular flexibility index (Phi) is 123. The maximum absolute atomic E-state index is 7.57. The fraction of sp³-hybridized carbons (Fsp3) is 0.833. The van der Waals surface area contributed by atoms with Gasteiger partial charge in [0.2, 0.25) is 0 Å². The fourth-order valence-electron chi connectivity index (χ4n) is 0. The molecule has 0 rings (SSSR count). The quantitative estimate of drug-likeness (QED) is 0.362. The van der Waals surface area contributed by atoms with Crippen molar-refractivity contribution in [3.05, 3.63) is 6.92 Å². The van der Waals surface area contributed by atoms with Gasteiger partial charge >= 0.3 is 0 Å². The van der Waals surface area contributed by atoms with Crippen LogP contribution in [0.15, 0.2) is 0 Å². The van der Waals surface area contributed by atoms with Gasteiger partial charge in [-0.1, -0.05) is 6.61 Å². The summed E-state index contributed by atoms with van der Waals surface area (Å²) in [6, 6.07) is 0. The van der Waals surface area contributed by atoms with E-state index < -0.39 is 0 Å². The average molecular weight is 185 g/mol. The molecule has 10 heavy (non-hydrogen) atoms. The Bertz CT molecular complexity index is 17.7. The van der Waals surface area contributed by atoms with Crippen LogP contribution in [0.5, 0.6) is 0 Å². The summed E-state index contributed by atoms with van der Waals surface area (Å²) in [6.45, 7) is 6.90. The van der Waals surface area contributed by atoms with E-state index in [-0.39, 0.29) is 41.5 Å². The van der Waals surface area contributed by atoms with Crippen LogP contribution in [0.25, 0.3) is 0 Å². The minimum absolute atomic E-state index is 0. The molecule has 0 aliphatic rings. The second-order valence-corrected chi connectivity index (χ2v) is 0.856. The first-order valence-corrected chi connectivity index (χ1v) is 2.86. The molecule has 0 amide bonds. The zero-order valence-corrected chi connectivity index (χ0v) is 8.23. The zero-order chi connectivity index (χ0) is 8.12. The molecule has 0 aromatic heterocycles. The van der Waals surface area contributed by atoms with Crippen molar-refractivity contribution in [3.63, 3.8) is 0 Å². The second-order valence-electron chi connectivity index (χ2n) is 0.856. The molecule has 0 radical (unpaired) electrons. The van der Waals surface area contributed by atoms with Crippen molar-refractivity contribution in [3.8, 4) is 0 Å². The van der Waals surface area contributed by atoms with Gasteiger partial charge in [0.15, 0.2) is 0 Å². The first-order valence-electron chi connectivity index (χ1n) is 2.86. The van der Waals surface area contributed by atoms with Crippen molar-refractivity contribution >= 4 is 0 Å². The third kappa shape index (κ3) is 1400. The molecule has 0 aliphatic carbocycles. The summed E-state index contributed by atoms with van der Waals surface area (Å²) in [6.07, 6.45) is 0. The predicted molar refractivity (Wildman–Crippen MR) is 38.0 cm³/mol. The van der Waals surface area contributed by atoms with E-state index in [1.165, 1.54) is 0 Å². The zero-order valence-electron chi connectivity index (χ0n) is 6.67. The minimum atomic E-state index is 0. The summed E-state index contributed by atoms with van der Waals surface area (Å²) >= 11 is 0. The van der Waals surface area contributed by atoms with Crippen LogP contribution >= 0.6 is 0 Å². The molecule has 0 heterocycles. The van der Waals surface area contributed by atoms with Crippen LogP contribution in [0.1, 0.15) is 13.8 Å². The molecule has 0 aromatic rings. The molecular weight excluding hydrogens is 168 g/mol. The first-order chi connectivity index (χ1) is 4.24. The van der Waals surface area contributed by atoms with Crippen LogP contribution in [-0.4, -0.2) is 35.1 Å². The van der Waals surface area contributed by atoms with Gasteiger partial charge in [-0.3, -0.25) is 0 Å². The Balaban J connectivity index is -0.0000000257. The van der Waals surface area contributed by atoms with E-state index in [0.717, 1.165) is 0 Å². The average Bonchev–Trinajstić information content (AvgIpc) is 1.70. The van der Waals surface area contributed by atoms with E-state index in [9.17, 15) is 0 Å². The molecule has 3 N–H and O–H groups in total. The van der Waals surface area contributed by atoms with Crippen molar-refractivity contribution in [1.82, 2.24) is 0 Å². The molecular formula is C6H17O3Ti-. The van der Waals surface area contributed by atoms with Gasteiger partial charge in [0.05, 0.1) is 0 Å². The van der Waals surface area contributed by atoms with Crippen LogP contribution in [0.3, 0.4) is 0 Å². The number of hydrogen-bond donors (Lipinski definition) is 3. The van der Waals surface area contributed by atoms with Crippen molar-refractivity contribution in [2.24, 2.45) is 0 Å². The molecule has 0 bridgehead atoms. The Labute approximate surface area is 78.0 Å². The van der Waals surface area contributed by atoms with Crippen LogP contribution in [0.4, 0.5) is 0 Å². The molecule has 0 saturated heterocycles. The minimum Gasteiger partial charge on any atom is -0.428 e. The molecule has 3 nitrogen and oxygen atoms in total. The number of hydrogen-bond acceptors (Lipinski definition) is 3. The van der Waals surface area contributed by atoms with E-state index in [4.69, 9.17) is 15.3 Å². The van der Waals surface area contributed by atoms with E-state index in [2.05, 4.69) is 6.92 Å². The van der Waals surface area contributed by atoms with Gasteiger partial charge < -0.3 is 22.2 Å². The molecule has 0 aromatic carbocycles. The maximum Gasteiger partial charge on any atom is 0.0402 e. The van der Waals surface area contributed by atoms with Gasteiger partial charge in [0.1, 0.15) is 0 Å². The molecule has 0 atom stereocenters. The van der Waals surface area contributed by atoms with Gasteiger partial charge in [-0.15, -0.1) is 0 Å². The summed E-state index contributed by atoms with van der Waals surface area (Å²) in [5.41, 5.74) is 0. The monoisotopic (exact) mass is 185 g/mol. The molecule has 0 spiro atoms. The van der Waals surface area contributed by atoms with Gasteiger partial charge in [-0.05, 0) is 13.8 Å². The standard InChI is InChI=1S/2C2H6O.C2H5O.Ti/c3*1-2-3;/h2*3H,2H2,1H3;3H,1-2H2;/q;;-1;. The molecule has 0 unspecified atom stereocenters. The summed E-state index contributed by atoms with van der Waals surface area (Å²) in [4.78, 5) is 0. The predicted octanol–water partition coefficient (Wildman–Crippen LogP) is -0.193. The third-order valence-electron chi connectivity index (χ3n) is 0. The van der Waals surface area contributed by atoms with Crippen molar-refractivity contribution in [1.29, 1.82) is 0 Å². The molecule has 0 aliphatic heterocycles. The molecule has 0 fully saturated rings. The van der Waals surface area contributed by atoms with Gasteiger partial charge in [0, 0.05) is 34.9 Å². The summed E-state index contributed by atoms with van der Waals surface area (Å²) in [5.74, 6) is 0. The van der Waals surface area contributed by atoms with Gasteiger partial charge in [0.25, 0.3) is 0 Å². The molecule has 4 heteroatoms. The van der Waals surface area contributed by atoms with Crippen LogP contribution in [-0.2, 0) is 21.7 Å². The second kappa shape index (κ2) is 54.9. The number of rotatable bonds is 0. The normalized spacial score (nSPS) is 5.40. The SMILES string of the molecule is CCO.CCO.[CH2-]CO.[Ti]. The summed E-state index contributed by atoms with van der Waals surface area (Å²) in [5, 5.41) is 22.6. The molecule has 0 saturated carbocycles. The molecule has 64 valence electrons. The van der Waals surface area contributed by atoms with Crippen molar-refractivity contribution < 1.29 is 37.0 Å². The fourth-order valence-corrected chi connectivity index (χ4v) is 0. The smallest absolute Gasteiger partial charge is 0.0402 e. The number of aliphatic hydroxyl groups excluding tert-OH is 3. The van der Waals surface area contributed by atoms with E-state index >= 15 is 0 Å². The van der Waals surface area contributed by atoms with Crippen LogP contribution in [0, 0.1) is 6.92 Å². The Morgan fingerprint density at radius 3 is 1.00 bits per heavy atom. The third-order valence-corrected chi connectivity index (χ3v) is 0. The Morgan fingerprint density at radius 2 is 1.00 bits per heavy atom. The van der Waals surface area contributed by atoms with E-state index in [1.54, 1.807) is 13.8 Å². The topological polar surface area (TPSA) is 60.7 Å². The number of aliphatic hydroxyl groups is 3. The Morgan fingerprint density at radius 1 is 1.00 bits per heavy atom. The van der Waals surface area contributed by atoms with E-state index in [1.807, 2.05) is 0 Å². The summed E-state index contributed by atoms with van der Waals surface area (Å²) < 4.78 is 0. The van der Waals surface area contributed by atoms with Crippen molar-refractivity contribution in [2.45, 2.75) is 13.8 Å². The van der Waals surface area contributed by atoms with Crippen LogP contribution < -0.4 is 0 Å². The van der Waals surface area contributed by atoms with Gasteiger partial charge in [-0.25, -0.2) is 0 Å². The first kappa shape index (κ1) is 22.4. The van der Waals surface area contributed by atoms with Gasteiger partial charge in [-0.2, -0.15) is 0 Å². The van der Waals surface area contributed by atoms with E-state index in [0.29, 0.717) is 0 Å². The van der Waals surface area contributed by atoms with Crippen LogP contribution in [0.2, 0.25) is 0 Å². The largest absolute Gasteiger partial charge is 0.428 e. The maximum atomic E-state index is 7.57. The Hall–Kier alpha value is 0.594.